The van der Waals surface area contributed by atoms with Crippen LogP contribution in [0.15, 0.2) is 0 Å². The fraction of sp³-hybridized carbons (Fsp3) is 1.00. The van der Waals surface area contributed by atoms with Crippen molar-refractivity contribution in [2.24, 2.45) is 5.73 Å². The molecule has 0 bridgehead atoms. The highest BCUT2D eigenvalue weighted by Gasteiger charge is 2.33. The van der Waals surface area contributed by atoms with Crippen molar-refractivity contribution in [3.05, 3.63) is 0 Å². The molecule has 0 aromatic carbocycles. The van der Waals surface area contributed by atoms with Gasteiger partial charge in [-0.3, -0.25) is 0 Å². The lowest BCUT2D eigenvalue weighted by molar-refractivity contribution is 0.238. The normalized spacial score (nSPS) is 12.0. The SMILES string of the molecule is CCCCCCCCCCCC[Si](CCCCCCCCCCN)(OC)OC. The molecule has 0 rings (SSSR count). The lowest BCUT2D eigenvalue weighted by Gasteiger charge is -2.27. The Kier molecular flexibility index (Phi) is 21.9. The summed E-state index contributed by atoms with van der Waals surface area (Å²) in [6, 6.07) is 2.35. The number of hydrogen-bond acceptors (Lipinski definition) is 3. The Morgan fingerprint density at radius 1 is 0.500 bits per heavy atom. The first-order valence-corrected chi connectivity index (χ1v) is 14.8. The molecule has 3 nitrogen and oxygen atoms in total. The van der Waals surface area contributed by atoms with Crippen molar-refractivity contribution in [2.75, 3.05) is 20.8 Å². The molecule has 0 aromatic heterocycles. The first kappa shape index (κ1) is 28.1. The molecule has 0 saturated heterocycles. The van der Waals surface area contributed by atoms with Gasteiger partial charge in [0.2, 0.25) is 0 Å². The quantitative estimate of drug-likeness (QED) is 0.137. The van der Waals surface area contributed by atoms with Crippen molar-refractivity contribution in [1.82, 2.24) is 0 Å². The Labute approximate surface area is 178 Å². The van der Waals surface area contributed by atoms with E-state index in [1.807, 2.05) is 14.2 Å². The fourth-order valence-corrected chi connectivity index (χ4v) is 6.91. The summed E-state index contributed by atoms with van der Waals surface area (Å²) in [6.07, 6.45) is 24.5. The number of unbranched alkanes of at least 4 members (excludes halogenated alkanes) is 16. The van der Waals surface area contributed by atoms with E-state index in [4.69, 9.17) is 14.6 Å². The van der Waals surface area contributed by atoms with Crippen LogP contribution >= 0.6 is 0 Å². The molecule has 0 radical (unpaired) electrons. The summed E-state index contributed by atoms with van der Waals surface area (Å²) in [5, 5.41) is 0. The smallest absolute Gasteiger partial charge is 0.337 e. The van der Waals surface area contributed by atoms with E-state index < -0.39 is 8.56 Å². The molecule has 170 valence electrons. The molecule has 0 saturated carbocycles. The third-order valence-corrected chi connectivity index (χ3v) is 9.89. The monoisotopic (exact) mass is 415 g/mol. The summed E-state index contributed by atoms with van der Waals surface area (Å²) >= 11 is 0. The zero-order valence-electron chi connectivity index (χ0n) is 19.7. The Balaban J connectivity index is 3.65. The van der Waals surface area contributed by atoms with Crippen molar-refractivity contribution >= 4 is 8.56 Å². The topological polar surface area (TPSA) is 44.5 Å². The summed E-state index contributed by atoms with van der Waals surface area (Å²) in [7, 11) is 1.82. The van der Waals surface area contributed by atoms with Crippen LogP contribution in [0.25, 0.3) is 0 Å². The van der Waals surface area contributed by atoms with Crippen LogP contribution in [-0.2, 0) is 8.85 Å². The molecule has 0 aromatic rings. The Hall–Kier alpha value is 0.0969. The molecule has 2 N–H and O–H groups in total. The van der Waals surface area contributed by atoms with Crippen LogP contribution in [0.4, 0.5) is 0 Å². The molecular weight excluding hydrogens is 362 g/mol. The van der Waals surface area contributed by atoms with Crippen LogP contribution in [0.2, 0.25) is 12.1 Å². The van der Waals surface area contributed by atoms with Gasteiger partial charge in [0.15, 0.2) is 0 Å². The molecular formula is C24H53NO2Si. The molecule has 0 heterocycles. The van der Waals surface area contributed by atoms with Gasteiger partial charge < -0.3 is 14.6 Å². The molecule has 0 aliphatic carbocycles. The maximum absolute atomic E-state index is 5.95. The van der Waals surface area contributed by atoms with Gasteiger partial charge in [-0.05, 0) is 25.1 Å². The maximum Gasteiger partial charge on any atom is 0.337 e. The highest BCUT2D eigenvalue weighted by molar-refractivity contribution is 6.67. The van der Waals surface area contributed by atoms with Gasteiger partial charge in [-0.2, -0.15) is 0 Å². The second-order valence-electron chi connectivity index (χ2n) is 8.62. The summed E-state index contributed by atoms with van der Waals surface area (Å²) in [5.74, 6) is 0. The van der Waals surface area contributed by atoms with Gasteiger partial charge in [0.1, 0.15) is 0 Å². The third kappa shape index (κ3) is 17.0. The van der Waals surface area contributed by atoms with Crippen molar-refractivity contribution < 1.29 is 8.85 Å². The average Bonchev–Trinajstić information content (AvgIpc) is 2.72. The van der Waals surface area contributed by atoms with Gasteiger partial charge in [0.05, 0.1) is 0 Å². The van der Waals surface area contributed by atoms with Gasteiger partial charge in [-0.25, -0.2) is 0 Å². The van der Waals surface area contributed by atoms with E-state index in [2.05, 4.69) is 6.92 Å². The van der Waals surface area contributed by atoms with E-state index in [0.717, 1.165) is 6.54 Å². The van der Waals surface area contributed by atoms with Crippen molar-refractivity contribution in [3.63, 3.8) is 0 Å². The molecule has 0 unspecified atom stereocenters. The Morgan fingerprint density at radius 3 is 1.14 bits per heavy atom. The number of rotatable bonds is 23. The summed E-state index contributed by atoms with van der Waals surface area (Å²) < 4.78 is 11.9. The van der Waals surface area contributed by atoms with E-state index in [-0.39, 0.29) is 0 Å². The van der Waals surface area contributed by atoms with Gasteiger partial charge in [0, 0.05) is 14.2 Å². The first-order valence-electron chi connectivity index (χ1n) is 12.5. The van der Waals surface area contributed by atoms with Gasteiger partial charge in [-0.1, -0.05) is 116 Å². The van der Waals surface area contributed by atoms with Crippen LogP contribution in [0, 0.1) is 0 Å². The van der Waals surface area contributed by atoms with Crippen LogP contribution in [0.3, 0.4) is 0 Å². The van der Waals surface area contributed by atoms with E-state index in [9.17, 15) is 0 Å². The minimum Gasteiger partial charge on any atom is -0.398 e. The first-order chi connectivity index (χ1) is 13.7. The average molecular weight is 416 g/mol. The Morgan fingerprint density at radius 2 is 0.821 bits per heavy atom. The lowest BCUT2D eigenvalue weighted by atomic mass is 10.1. The molecule has 0 fully saturated rings. The molecule has 28 heavy (non-hydrogen) atoms. The van der Waals surface area contributed by atoms with Crippen molar-refractivity contribution in [3.8, 4) is 0 Å². The fourth-order valence-electron chi connectivity index (χ4n) is 4.10. The lowest BCUT2D eigenvalue weighted by Crippen LogP contribution is -2.39. The van der Waals surface area contributed by atoms with Gasteiger partial charge in [-0.15, -0.1) is 0 Å². The van der Waals surface area contributed by atoms with E-state index in [1.54, 1.807) is 0 Å². The molecule has 0 atom stereocenters. The van der Waals surface area contributed by atoms with Crippen LogP contribution in [-0.4, -0.2) is 29.3 Å². The van der Waals surface area contributed by atoms with Gasteiger partial charge in [0.25, 0.3) is 0 Å². The van der Waals surface area contributed by atoms with Crippen LogP contribution in [0.1, 0.15) is 122 Å². The molecule has 0 aliphatic rings. The molecule has 4 heteroatoms. The van der Waals surface area contributed by atoms with E-state index in [0.29, 0.717) is 0 Å². The van der Waals surface area contributed by atoms with Crippen LogP contribution < -0.4 is 5.73 Å². The van der Waals surface area contributed by atoms with Crippen molar-refractivity contribution in [1.29, 1.82) is 0 Å². The predicted octanol–water partition coefficient (Wildman–Crippen LogP) is 7.72. The Bertz CT molecular complexity index is 298. The minimum atomic E-state index is -1.93. The minimum absolute atomic E-state index is 0.847. The number of nitrogens with two attached hydrogens (primary N) is 1. The largest absolute Gasteiger partial charge is 0.398 e. The standard InChI is InChI=1S/C24H53NO2Si/c1-4-5-6-7-8-9-11-14-17-20-23-28(26-2,27-3)24-21-18-15-12-10-13-16-19-22-25/h4-25H2,1-3H3. The maximum atomic E-state index is 5.95. The second kappa shape index (κ2) is 21.8. The molecule has 0 aliphatic heterocycles. The van der Waals surface area contributed by atoms with Gasteiger partial charge >= 0.3 is 8.56 Å². The van der Waals surface area contributed by atoms with Crippen molar-refractivity contribution in [2.45, 2.75) is 135 Å². The second-order valence-corrected chi connectivity index (χ2v) is 12.3. The predicted molar refractivity (Wildman–Crippen MR) is 127 cm³/mol. The summed E-state index contributed by atoms with van der Waals surface area (Å²) in [6.45, 7) is 3.13. The van der Waals surface area contributed by atoms with E-state index >= 15 is 0 Å². The van der Waals surface area contributed by atoms with Crippen LogP contribution in [0.5, 0.6) is 0 Å². The summed E-state index contributed by atoms with van der Waals surface area (Å²) in [5.41, 5.74) is 5.54. The zero-order valence-corrected chi connectivity index (χ0v) is 20.7. The molecule has 0 spiro atoms. The highest BCUT2D eigenvalue weighted by Crippen LogP contribution is 2.25. The third-order valence-electron chi connectivity index (χ3n) is 6.17. The summed E-state index contributed by atoms with van der Waals surface area (Å²) in [4.78, 5) is 0. The molecule has 0 amide bonds. The van der Waals surface area contributed by atoms with E-state index in [1.165, 1.54) is 128 Å². The highest BCUT2D eigenvalue weighted by atomic mass is 28.4. The zero-order chi connectivity index (χ0) is 20.8. The number of hydrogen-bond donors (Lipinski definition) is 1.